The summed E-state index contributed by atoms with van der Waals surface area (Å²) in [6, 6.07) is 7.95. The van der Waals surface area contributed by atoms with Crippen molar-refractivity contribution in [3.05, 3.63) is 34.8 Å². The van der Waals surface area contributed by atoms with Gasteiger partial charge in [0.1, 0.15) is 6.54 Å². The fourth-order valence-corrected chi connectivity index (χ4v) is 3.97. The molecule has 0 radical (unpaired) electrons. The van der Waals surface area contributed by atoms with Crippen molar-refractivity contribution in [1.29, 1.82) is 0 Å². The second-order valence-electron chi connectivity index (χ2n) is 6.79. The molecule has 1 aromatic heterocycles. The summed E-state index contributed by atoms with van der Waals surface area (Å²) in [5.74, 6) is -0.000840. The third-order valence-electron chi connectivity index (χ3n) is 5.30. The Balaban J connectivity index is 1.45. The van der Waals surface area contributed by atoms with E-state index in [1.807, 2.05) is 6.07 Å². The van der Waals surface area contributed by atoms with Crippen molar-refractivity contribution < 1.29 is 9.21 Å². The van der Waals surface area contributed by atoms with E-state index in [1.165, 1.54) is 23.8 Å². The molecule has 7 nitrogen and oxygen atoms in total. The number of para-hydroxylation sites is 2. The highest BCUT2D eigenvalue weighted by molar-refractivity contribution is 5.79. The van der Waals surface area contributed by atoms with Crippen molar-refractivity contribution in [3.8, 4) is 0 Å². The normalized spacial score (nSPS) is 26.0. The highest BCUT2D eigenvalue weighted by Gasteiger charge is 2.39. The van der Waals surface area contributed by atoms with Crippen LogP contribution in [0.3, 0.4) is 0 Å². The largest absolute Gasteiger partial charge is 0.420 e. The zero-order valence-corrected chi connectivity index (χ0v) is 13.7. The molecule has 1 aromatic carbocycles. The average molecular weight is 330 g/mol. The van der Waals surface area contributed by atoms with Crippen LogP contribution in [0.25, 0.3) is 11.1 Å². The Kier molecular flexibility index (Phi) is 3.90. The molecule has 1 aliphatic heterocycles. The van der Waals surface area contributed by atoms with Crippen molar-refractivity contribution in [3.63, 3.8) is 0 Å². The van der Waals surface area contributed by atoms with Gasteiger partial charge in [-0.3, -0.25) is 20.2 Å². The molecule has 2 fully saturated rings. The van der Waals surface area contributed by atoms with Gasteiger partial charge in [0.25, 0.3) is 0 Å². The SMILES string of the molecule is CN(CC1NNC2CCCC21)C(=O)Cn1c(=O)oc2ccccc21. The zero-order chi connectivity index (χ0) is 16.7. The second kappa shape index (κ2) is 6.07. The third-order valence-corrected chi connectivity index (χ3v) is 5.30. The smallest absolute Gasteiger partial charge is 0.408 e. The van der Waals surface area contributed by atoms with Gasteiger partial charge in [-0.05, 0) is 30.9 Å². The van der Waals surface area contributed by atoms with E-state index in [0.29, 0.717) is 29.6 Å². The summed E-state index contributed by atoms with van der Waals surface area (Å²) in [4.78, 5) is 26.3. The number of aromatic nitrogens is 1. The van der Waals surface area contributed by atoms with Gasteiger partial charge in [-0.25, -0.2) is 4.79 Å². The molecule has 2 aliphatic rings. The van der Waals surface area contributed by atoms with E-state index < -0.39 is 5.76 Å². The van der Waals surface area contributed by atoms with Crippen molar-refractivity contribution >= 4 is 17.0 Å². The van der Waals surface area contributed by atoms with Gasteiger partial charge in [0.05, 0.1) is 5.52 Å². The summed E-state index contributed by atoms with van der Waals surface area (Å²) in [7, 11) is 1.79. The van der Waals surface area contributed by atoms with Crippen LogP contribution in [0.5, 0.6) is 0 Å². The molecule has 4 rings (SSSR count). The standard InChI is InChI=1S/C17H22N4O3/c1-20(9-13-11-5-4-6-12(11)18-19-13)16(22)10-21-14-7-2-3-8-15(14)24-17(21)23/h2-3,7-8,11-13,18-19H,4-6,9-10H2,1H3. The van der Waals surface area contributed by atoms with Crippen LogP contribution in [0.2, 0.25) is 0 Å². The zero-order valence-electron chi connectivity index (χ0n) is 13.7. The van der Waals surface area contributed by atoms with Gasteiger partial charge >= 0.3 is 5.76 Å². The van der Waals surface area contributed by atoms with Crippen LogP contribution in [0, 0.1) is 5.92 Å². The minimum absolute atomic E-state index is 0.000586. The average Bonchev–Trinajstić information content (AvgIpc) is 3.24. The van der Waals surface area contributed by atoms with Crippen molar-refractivity contribution in [2.24, 2.45) is 5.92 Å². The van der Waals surface area contributed by atoms with E-state index in [9.17, 15) is 9.59 Å². The van der Waals surface area contributed by atoms with E-state index in [-0.39, 0.29) is 18.5 Å². The molecule has 2 N–H and O–H groups in total. The predicted octanol–water partition coefficient (Wildman–Crippen LogP) is 0.698. The molecular weight excluding hydrogens is 308 g/mol. The van der Waals surface area contributed by atoms with Crippen molar-refractivity contribution in [1.82, 2.24) is 20.3 Å². The fourth-order valence-electron chi connectivity index (χ4n) is 3.97. The minimum atomic E-state index is -0.491. The highest BCUT2D eigenvalue weighted by Crippen LogP contribution is 2.31. The number of nitrogens with one attached hydrogen (secondary N) is 2. The van der Waals surface area contributed by atoms with Gasteiger partial charge < -0.3 is 9.32 Å². The summed E-state index contributed by atoms with van der Waals surface area (Å²) >= 11 is 0. The van der Waals surface area contributed by atoms with E-state index >= 15 is 0 Å². The molecule has 0 bridgehead atoms. The summed E-state index contributed by atoms with van der Waals surface area (Å²) in [6.07, 6.45) is 3.64. The quantitative estimate of drug-likeness (QED) is 0.863. The van der Waals surface area contributed by atoms with Crippen LogP contribution in [-0.4, -0.2) is 41.1 Å². The van der Waals surface area contributed by atoms with Gasteiger partial charge in [-0.2, -0.15) is 0 Å². The summed E-state index contributed by atoms with van der Waals surface area (Å²) < 4.78 is 6.58. The Morgan fingerprint density at radius 1 is 1.33 bits per heavy atom. The first-order valence-corrected chi connectivity index (χ1v) is 8.47. The number of amides is 1. The van der Waals surface area contributed by atoms with Crippen LogP contribution in [0.15, 0.2) is 33.5 Å². The lowest BCUT2D eigenvalue weighted by Gasteiger charge is -2.24. The highest BCUT2D eigenvalue weighted by atomic mass is 16.4. The van der Waals surface area contributed by atoms with Crippen LogP contribution in [0.4, 0.5) is 0 Å². The number of likely N-dealkylation sites (N-methyl/N-ethyl adjacent to an activating group) is 1. The number of benzene rings is 1. The maximum Gasteiger partial charge on any atom is 0.420 e. The Bertz CT molecular complexity index is 812. The van der Waals surface area contributed by atoms with E-state index in [4.69, 9.17) is 4.42 Å². The lowest BCUT2D eigenvalue weighted by Crippen LogP contribution is -2.44. The van der Waals surface area contributed by atoms with E-state index in [1.54, 1.807) is 30.1 Å². The van der Waals surface area contributed by atoms with E-state index in [2.05, 4.69) is 10.9 Å². The molecule has 1 amide bonds. The van der Waals surface area contributed by atoms with Crippen molar-refractivity contribution in [2.75, 3.05) is 13.6 Å². The molecule has 2 aromatic rings. The molecule has 3 atom stereocenters. The van der Waals surface area contributed by atoms with Gasteiger partial charge in [-0.15, -0.1) is 0 Å². The Hall–Kier alpha value is -2.12. The molecule has 0 spiro atoms. The molecular formula is C17H22N4O3. The monoisotopic (exact) mass is 330 g/mol. The molecule has 3 unspecified atom stereocenters. The minimum Gasteiger partial charge on any atom is -0.408 e. The molecule has 1 saturated carbocycles. The summed E-state index contributed by atoms with van der Waals surface area (Å²) in [5.41, 5.74) is 7.81. The lowest BCUT2D eigenvalue weighted by atomic mass is 9.97. The van der Waals surface area contributed by atoms with Crippen LogP contribution in [-0.2, 0) is 11.3 Å². The van der Waals surface area contributed by atoms with E-state index in [0.717, 1.165) is 0 Å². The molecule has 2 heterocycles. The van der Waals surface area contributed by atoms with Crippen LogP contribution < -0.4 is 16.6 Å². The third kappa shape index (κ3) is 2.63. The second-order valence-corrected chi connectivity index (χ2v) is 6.79. The van der Waals surface area contributed by atoms with Gasteiger partial charge in [-0.1, -0.05) is 18.6 Å². The number of oxazole rings is 1. The number of hydrogen-bond acceptors (Lipinski definition) is 5. The maximum atomic E-state index is 12.6. The maximum absolute atomic E-state index is 12.6. The first-order chi connectivity index (χ1) is 11.6. The number of hydrazine groups is 1. The predicted molar refractivity (Wildman–Crippen MR) is 89.3 cm³/mol. The number of hydrogen-bond donors (Lipinski definition) is 2. The first kappa shape index (κ1) is 15.4. The topological polar surface area (TPSA) is 79.5 Å². The Morgan fingerprint density at radius 3 is 3.04 bits per heavy atom. The summed E-state index contributed by atoms with van der Waals surface area (Å²) in [5, 5.41) is 0. The molecule has 128 valence electrons. The van der Waals surface area contributed by atoms with Crippen LogP contribution >= 0.6 is 0 Å². The van der Waals surface area contributed by atoms with Crippen molar-refractivity contribution in [2.45, 2.75) is 37.9 Å². The fraction of sp³-hybridized carbons (Fsp3) is 0.529. The summed E-state index contributed by atoms with van der Waals surface area (Å²) in [6.45, 7) is 0.637. The molecule has 1 aliphatic carbocycles. The number of carbonyl (C=O) groups is 1. The van der Waals surface area contributed by atoms with Gasteiger partial charge in [0.2, 0.25) is 5.91 Å². The first-order valence-electron chi connectivity index (χ1n) is 8.47. The number of fused-ring (bicyclic) bond motifs is 2. The Labute approximate surface area is 139 Å². The van der Waals surface area contributed by atoms with Crippen LogP contribution in [0.1, 0.15) is 19.3 Å². The number of carbonyl (C=O) groups excluding carboxylic acids is 1. The lowest BCUT2D eigenvalue weighted by molar-refractivity contribution is -0.131. The Morgan fingerprint density at radius 2 is 2.17 bits per heavy atom. The molecule has 7 heteroatoms. The van der Waals surface area contributed by atoms with Gasteiger partial charge in [0, 0.05) is 25.7 Å². The number of rotatable bonds is 4. The molecule has 1 saturated heterocycles. The van der Waals surface area contributed by atoms with Gasteiger partial charge in [0.15, 0.2) is 5.58 Å². The number of nitrogens with zero attached hydrogens (tertiary/aromatic N) is 2. The molecule has 24 heavy (non-hydrogen) atoms.